The number of ether oxygens (including phenoxy) is 1. The van der Waals surface area contributed by atoms with Gasteiger partial charge in [-0.05, 0) is 19.8 Å². The molecular formula is C12H16N2O5. The number of aliphatic hydroxyl groups is 2. The molecule has 19 heavy (non-hydrogen) atoms. The quantitative estimate of drug-likeness (QED) is 0.630. The Labute approximate surface area is 108 Å². The van der Waals surface area contributed by atoms with Crippen LogP contribution in [0.5, 0.6) is 0 Å². The van der Waals surface area contributed by atoms with Gasteiger partial charge in [-0.3, -0.25) is 14.3 Å². The number of hydrogen-bond donors (Lipinski definition) is 3. The van der Waals surface area contributed by atoms with Gasteiger partial charge in [0.25, 0.3) is 5.56 Å². The molecule has 0 spiro atoms. The summed E-state index contributed by atoms with van der Waals surface area (Å²) in [5.41, 5.74) is -1.56. The van der Waals surface area contributed by atoms with Crippen molar-refractivity contribution < 1.29 is 14.9 Å². The van der Waals surface area contributed by atoms with E-state index >= 15 is 0 Å². The first kappa shape index (κ1) is 12.6. The van der Waals surface area contributed by atoms with Gasteiger partial charge in [0, 0.05) is 17.7 Å². The van der Waals surface area contributed by atoms with E-state index in [1.165, 1.54) is 10.8 Å². The number of aromatic amines is 1. The standard InChI is InChI=1S/C12H16N2O5/c1-6-4-14(11(18)13-9(6)17)10-7-2-3-12(5-15,19-10)8(7)16/h4,7-8,10,15-16H,2-3,5H2,1H3,(H,13,17,18)/t7?,8-,10+,12+/m0/s1. The van der Waals surface area contributed by atoms with E-state index in [0.717, 1.165) is 0 Å². The maximum absolute atomic E-state index is 11.8. The van der Waals surface area contributed by atoms with E-state index in [2.05, 4.69) is 4.98 Å². The fourth-order valence-corrected chi connectivity index (χ4v) is 3.11. The molecule has 2 aliphatic rings. The second-order valence-electron chi connectivity index (χ2n) is 5.36. The van der Waals surface area contributed by atoms with Gasteiger partial charge in [-0.1, -0.05) is 0 Å². The van der Waals surface area contributed by atoms with Crippen LogP contribution >= 0.6 is 0 Å². The summed E-state index contributed by atoms with van der Waals surface area (Å²) in [7, 11) is 0. The highest BCUT2D eigenvalue weighted by Crippen LogP contribution is 2.51. The maximum Gasteiger partial charge on any atom is 0.330 e. The van der Waals surface area contributed by atoms with Crippen LogP contribution in [0.3, 0.4) is 0 Å². The van der Waals surface area contributed by atoms with E-state index in [1.54, 1.807) is 6.92 Å². The lowest BCUT2D eigenvalue weighted by Gasteiger charge is -2.30. The SMILES string of the molecule is Cc1cn([C@@H]2O[C@@]3(CO)CCC2[C@@H]3O)c(=O)[nH]c1=O. The summed E-state index contributed by atoms with van der Waals surface area (Å²) in [4.78, 5) is 25.4. The zero-order valence-corrected chi connectivity index (χ0v) is 10.5. The molecular weight excluding hydrogens is 252 g/mol. The predicted molar refractivity (Wildman–Crippen MR) is 64.7 cm³/mol. The van der Waals surface area contributed by atoms with E-state index in [0.29, 0.717) is 18.4 Å². The molecule has 1 unspecified atom stereocenters. The Balaban J connectivity index is 2.04. The Morgan fingerprint density at radius 2 is 2.32 bits per heavy atom. The number of rotatable bonds is 2. The fraction of sp³-hybridized carbons (Fsp3) is 0.667. The van der Waals surface area contributed by atoms with E-state index < -0.39 is 29.2 Å². The third-order valence-electron chi connectivity index (χ3n) is 4.25. The Hall–Kier alpha value is -1.44. The van der Waals surface area contributed by atoms with Crippen LogP contribution in [-0.2, 0) is 4.74 Å². The first-order chi connectivity index (χ1) is 8.98. The molecule has 0 aromatic carbocycles. The van der Waals surface area contributed by atoms with E-state index in [1.807, 2.05) is 0 Å². The Kier molecular flexibility index (Phi) is 2.67. The van der Waals surface area contributed by atoms with Crippen LogP contribution < -0.4 is 11.2 Å². The van der Waals surface area contributed by atoms with Crippen LogP contribution in [0.1, 0.15) is 24.6 Å². The molecule has 4 atom stereocenters. The molecule has 0 amide bonds. The maximum atomic E-state index is 11.8. The number of hydrogen-bond acceptors (Lipinski definition) is 5. The van der Waals surface area contributed by atoms with Crippen LogP contribution in [-0.4, -0.2) is 38.1 Å². The summed E-state index contributed by atoms with van der Waals surface area (Å²) in [6.07, 6.45) is 1.25. The van der Waals surface area contributed by atoms with Crippen LogP contribution in [0.4, 0.5) is 0 Å². The first-order valence-electron chi connectivity index (χ1n) is 6.27. The van der Waals surface area contributed by atoms with Gasteiger partial charge < -0.3 is 14.9 Å². The van der Waals surface area contributed by atoms with Gasteiger partial charge in [-0.15, -0.1) is 0 Å². The van der Waals surface area contributed by atoms with Crippen LogP contribution in [0, 0.1) is 12.8 Å². The molecule has 3 rings (SSSR count). The van der Waals surface area contributed by atoms with Crippen molar-refractivity contribution in [2.75, 3.05) is 6.61 Å². The summed E-state index contributed by atoms with van der Waals surface area (Å²) in [5, 5.41) is 19.6. The van der Waals surface area contributed by atoms with Gasteiger partial charge in [0.05, 0.1) is 12.7 Å². The number of aliphatic hydroxyl groups excluding tert-OH is 2. The van der Waals surface area contributed by atoms with Crippen molar-refractivity contribution in [3.05, 3.63) is 32.6 Å². The zero-order chi connectivity index (χ0) is 13.8. The lowest BCUT2D eigenvalue weighted by molar-refractivity contribution is -0.140. The Morgan fingerprint density at radius 1 is 1.58 bits per heavy atom. The molecule has 1 aliphatic carbocycles. The fourth-order valence-electron chi connectivity index (χ4n) is 3.11. The minimum atomic E-state index is -0.973. The number of nitrogens with one attached hydrogen (secondary N) is 1. The lowest BCUT2D eigenvalue weighted by atomic mass is 10.0. The first-order valence-corrected chi connectivity index (χ1v) is 6.27. The van der Waals surface area contributed by atoms with E-state index in [9.17, 15) is 19.8 Å². The minimum Gasteiger partial charge on any atom is -0.393 e. The molecule has 0 radical (unpaired) electrons. The highest BCUT2D eigenvalue weighted by atomic mass is 16.6. The third-order valence-corrected chi connectivity index (χ3v) is 4.25. The van der Waals surface area contributed by atoms with Crippen molar-refractivity contribution in [3.63, 3.8) is 0 Å². The minimum absolute atomic E-state index is 0.241. The second kappa shape index (κ2) is 4.03. The summed E-state index contributed by atoms with van der Waals surface area (Å²) >= 11 is 0. The van der Waals surface area contributed by atoms with Crippen molar-refractivity contribution in [3.8, 4) is 0 Å². The van der Waals surface area contributed by atoms with Gasteiger partial charge in [-0.2, -0.15) is 0 Å². The zero-order valence-electron chi connectivity index (χ0n) is 10.5. The molecule has 7 heteroatoms. The monoisotopic (exact) mass is 268 g/mol. The van der Waals surface area contributed by atoms with Gasteiger partial charge in [-0.25, -0.2) is 4.79 Å². The highest BCUT2D eigenvalue weighted by Gasteiger charge is 2.59. The Morgan fingerprint density at radius 3 is 2.95 bits per heavy atom. The molecule has 2 heterocycles. The largest absolute Gasteiger partial charge is 0.393 e. The van der Waals surface area contributed by atoms with Gasteiger partial charge in [0.2, 0.25) is 0 Å². The summed E-state index contributed by atoms with van der Waals surface area (Å²) in [6.45, 7) is 1.32. The average Bonchev–Trinajstić information content (AvgIpc) is 2.85. The number of nitrogens with zero attached hydrogens (tertiary/aromatic N) is 1. The second-order valence-corrected chi connectivity index (χ2v) is 5.36. The summed E-state index contributed by atoms with van der Waals surface area (Å²) in [6, 6.07) is 0. The normalized spacial score (nSPS) is 36.9. The predicted octanol–water partition coefficient (Wildman–Crippen LogP) is -1.12. The molecule has 2 fully saturated rings. The van der Waals surface area contributed by atoms with Crippen molar-refractivity contribution in [1.29, 1.82) is 0 Å². The molecule has 1 saturated carbocycles. The van der Waals surface area contributed by atoms with Crippen molar-refractivity contribution in [2.24, 2.45) is 5.92 Å². The van der Waals surface area contributed by atoms with Crippen molar-refractivity contribution in [2.45, 2.75) is 37.7 Å². The smallest absolute Gasteiger partial charge is 0.330 e. The molecule has 104 valence electrons. The molecule has 1 saturated heterocycles. The highest BCUT2D eigenvalue weighted by molar-refractivity contribution is 5.09. The molecule has 2 bridgehead atoms. The van der Waals surface area contributed by atoms with Gasteiger partial charge in [0.1, 0.15) is 11.8 Å². The number of H-pyrrole nitrogens is 1. The van der Waals surface area contributed by atoms with Crippen molar-refractivity contribution in [1.82, 2.24) is 9.55 Å². The summed E-state index contributed by atoms with van der Waals surface area (Å²) < 4.78 is 7.00. The molecule has 1 aromatic rings. The Bertz CT molecular complexity index is 621. The van der Waals surface area contributed by atoms with Gasteiger partial charge in [0.15, 0.2) is 0 Å². The number of aryl methyl sites for hydroxylation is 1. The van der Waals surface area contributed by atoms with Crippen LogP contribution in [0.15, 0.2) is 15.8 Å². The molecule has 7 nitrogen and oxygen atoms in total. The molecule has 3 N–H and O–H groups in total. The number of aromatic nitrogens is 2. The summed E-state index contributed by atoms with van der Waals surface area (Å²) in [5.74, 6) is -0.241. The van der Waals surface area contributed by atoms with Crippen molar-refractivity contribution >= 4 is 0 Å². The van der Waals surface area contributed by atoms with Crippen LogP contribution in [0.25, 0.3) is 0 Å². The van der Waals surface area contributed by atoms with Gasteiger partial charge >= 0.3 is 5.69 Å². The average molecular weight is 268 g/mol. The number of fused-ring (bicyclic) bond motifs is 2. The van der Waals surface area contributed by atoms with Crippen LogP contribution in [0.2, 0.25) is 0 Å². The molecule has 1 aliphatic heterocycles. The van der Waals surface area contributed by atoms with E-state index in [-0.39, 0.29) is 12.5 Å². The topological polar surface area (TPSA) is 105 Å². The third kappa shape index (κ3) is 1.62. The van der Waals surface area contributed by atoms with E-state index in [4.69, 9.17) is 4.74 Å². The molecule has 1 aromatic heterocycles. The lowest BCUT2D eigenvalue weighted by Crippen LogP contribution is -2.41.